The van der Waals surface area contributed by atoms with Gasteiger partial charge in [0.15, 0.2) is 6.61 Å². The van der Waals surface area contributed by atoms with Crippen molar-refractivity contribution in [1.82, 2.24) is 5.32 Å². The lowest BCUT2D eigenvalue weighted by atomic mass is 10.1. The number of amides is 1. The van der Waals surface area contributed by atoms with Crippen LogP contribution in [-0.4, -0.2) is 31.1 Å². The summed E-state index contributed by atoms with van der Waals surface area (Å²) in [5.74, 6) is -0.136. The van der Waals surface area contributed by atoms with Crippen LogP contribution in [0.1, 0.15) is 25.0 Å². The molecule has 0 bridgehead atoms. The van der Waals surface area contributed by atoms with Crippen molar-refractivity contribution < 1.29 is 19.1 Å². The van der Waals surface area contributed by atoms with Gasteiger partial charge in [0.1, 0.15) is 11.8 Å². The van der Waals surface area contributed by atoms with Crippen LogP contribution in [0.3, 0.4) is 0 Å². The normalized spacial score (nSPS) is 11.6. The zero-order valence-corrected chi connectivity index (χ0v) is 12.4. The van der Waals surface area contributed by atoms with E-state index in [-0.39, 0.29) is 19.1 Å². The molecule has 1 unspecified atom stereocenters. The SMILES string of the molecule is CCOC(=O)C(C)NC(=O)COc1cc(C)ccc1C. The summed E-state index contributed by atoms with van der Waals surface area (Å²) < 4.78 is 10.3. The lowest BCUT2D eigenvalue weighted by Gasteiger charge is -2.14. The molecule has 0 saturated heterocycles. The molecule has 0 heterocycles. The molecule has 0 fully saturated rings. The molecule has 5 nitrogen and oxygen atoms in total. The highest BCUT2D eigenvalue weighted by molar-refractivity contribution is 5.84. The molecule has 0 aliphatic carbocycles. The third kappa shape index (κ3) is 4.91. The monoisotopic (exact) mass is 279 g/mol. The van der Waals surface area contributed by atoms with Crippen molar-refractivity contribution in [3.63, 3.8) is 0 Å². The van der Waals surface area contributed by atoms with Crippen LogP contribution in [0.5, 0.6) is 5.75 Å². The van der Waals surface area contributed by atoms with Crippen molar-refractivity contribution >= 4 is 11.9 Å². The molecule has 1 amide bonds. The highest BCUT2D eigenvalue weighted by Gasteiger charge is 2.16. The highest BCUT2D eigenvalue weighted by Crippen LogP contribution is 2.18. The molecule has 5 heteroatoms. The number of benzene rings is 1. The van der Waals surface area contributed by atoms with Crippen molar-refractivity contribution in [2.75, 3.05) is 13.2 Å². The third-order valence-electron chi connectivity index (χ3n) is 2.72. The lowest BCUT2D eigenvalue weighted by molar-refractivity contribution is -0.147. The van der Waals surface area contributed by atoms with Gasteiger partial charge in [0.25, 0.3) is 5.91 Å². The molecule has 0 spiro atoms. The molecule has 1 atom stereocenters. The minimum Gasteiger partial charge on any atom is -0.483 e. The van der Waals surface area contributed by atoms with Gasteiger partial charge in [-0.1, -0.05) is 12.1 Å². The van der Waals surface area contributed by atoms with E-state index in [9.17, 15) is 9.59 Å². The molecule has 0 aliphatic heterocycles. The molecular weight excluding hydrogens is 258 g/mol. The Bertz CT molecular complexity index is 485. The van der Waals surface area contributed by atoms with Gasteiger partial charge in [-0.15, -0.1) is 0 Å². The first-order chi connectivity index (χ1) is 9.43. The first kappa shape index (κ1) is 16.0. The predicted molar refractivity (Wildman–Crippen MR) is 75.6 cm³/mol. The Morgan fingerprint density at radius 1 is 1.30 bits per heavy atom. The number of rotatable bonds is 6. The number of carbonyl (C=O) groups excluding carboxylic acids is 2. The quantitative estimate of drug-likeness (QED) is 0.806. The van der Waals surface area contributed by atoms with Crippen molar-refractivity contribution in [2.45, 2.75) is 33.7 Å². The fourth-order valence-electron chi connectivity index (χ4n) is 1.62. The standard InChI is InChI=1S/C15H21NO4/c1-5-19-15(18)12(4)16-14(17)9-20-13-8-10(2)6-7-11(13)3/h6-8,12H,5,9H2,1-4H3,(H,16,17). The topological polar surface area (TPSA) is 64.6 Å². The molecule has 1 rings (SSSR count). The molecule has 0 aromatic heterocycles. The summed E-state index contributed by atoms with van der Waals surface area (Å²) in [6.45, 7) is 7.32. The Labute approximate surface area is 119 Å². The smallest absolute Gasteiger partial charge is 0.328 e. The molecule has 110 valence electrons. The maximum Gasteiger partial charge on any atom is 0.328 e. The van der Waals surface area contributed by atoms with E-state index < -0.39 is 12.0 Å². The second-order valence-corrected chi connectivity index (χ2v) is 4.60. The number of carbonyl (C=O) groups is 2. The molecule has 0 radical (unpaired) electrons. The van der Waals surface area contributed by atoms with Crippen LogP contribution >= 0.6 is 0 Å². The highest BCUT2D eigenvalue weighted by atomic mass is 16.5. The number of esters is 1. The largest absolute Gasteiger partial charge is 0.483 e. The summed E-state index contributed by atoms with van der Waals surface area (Å²) in [5, 5.41) is 2.53. The zero-order chi connectivity index (χ0) is 15.1. The zero-order valence-electron chi connectivity index (χ0n) is 12.4. The molecule has 1 N–H and O–H groups in total. The molecule has 20 heavy (non-hydrogen) atoms. The van der Waals surface area contributed by atoms with Crippen LogP contribution in [0.4, 0.5) is 0 Å². The summed E-state index contributed by atoms with van der Waals surface area (Å²) in [7, 11) is 0. The summed E-state index contributed by atoms with van der Waals surface area (Å²) in [6.07, 6.45) is 0. The van der Waals surface area contributed by atoms with Crippen molar-refractivity contribution in [2.24, 2.45) is 0 Å². The van der Waals surface area contributed by atoms with E-state index in [1.54, 1.807) is 13.8 Å². The molecule has 0 saturated carbocycles. The van der Waals surface area contributed by atoms with E-state index in [1.807, 2.05) is 32.0 Å². The number of ether oxygens (including phenoxy) is 2. The number of hydrogen-bond acceptors (Lipinski definition) is 4. The van der Waals surface area contributed by atoms with Gasteiger partial charge in [-0.05, 0) is 44.9 Å². The van der Waals surface area contributed by atoms with Gasteiger partial charge in [0, 0.05) is 0 Å². The number of aryl methyl sites for hydroxylation is 2. The number of hydrogen-bond donors (Lipinski definition) is 1. The second-order valence-electron chi connectivity index (χ2n) is 4.60. The van der Waals surface area contributed by atoms with E-state index in [4.69, 9.17) is 9.47 Å². The van der Waals surface area contributed by atoms with E-state index >= 15 is 0 Å². The molecule has 1 aromatic rings. The number of nitrogens with one attached hydrogen (secondary N) is 1. The van der Waals surface area contributed by atoms with Crippen molar-refractivity contribution in [3.05, 3.63) is 29.3 Å². The van der Waals surface area contributed by atoms with Gasteiger partial charge in [-0.3, -0.25) is 4.79 Å². The summed E-state index contributed by atoms with van der Waals surface area (Å²) >= 11 is 0. The molecular formula is C15H21NO4. The Kier molecular flexibility index (Phi) is 6.03. The predicted octanol–water partition coefficient (Wildman–Crippen LogP) is 1.75. The van der Waals surface area contributed by atoms with Crippen LogP contribution < -0.4 is 10.1 Å². The first-order valence-corrected chi connectivity index (χ1v) is 6.60. The lowest BCUT2D eigenvalue weighted by Crippen LogP contribution is -2.41. The van der Waals surface area contributed by atoms with E-state index in [0.29, 0.717) is 5.75 Å². The fourth-order valence-corrected chi connectivity index (χ4v) is 1.62. The van der Waals surface area contributed by atoms with Crippen LogP contribution in [-0.2, 0) is 14.3 Å². The first-order valence-electron chi connectivity index (χ1n) is 6.60. The van der Waals surface area contributed by atoms with Gasteiger partial charge >= 0.3 is 5.97 Å². The van der Waals surface area contributed by atoms with E-state index in [0.717, 1.165) is 11.1 Å². The molecule has 0 aliphatic rings. The average molecular weight is 279 g/mol. The molecule has 1 aromatic carbocycles. The Balaban J connectivity index is 2.47. The van der Waals surface area contributed by atoms with Gasteiger partial charge < -0.3 is 14.8 Å². The summed E-state index contributed by atoms with van der Waals surface area (Å²) in [6, 6.07) is 5.11. The minimum absolute atomic E-state index is 0.131. The second kappa shape index (κ2) is 7.53. The van der Waals surface area contributed by atoms with E-state index in [2.05, 4.69) is 5.32 Å². The van der Waals surface area contributed by atoms with Crippen LogP contribution in [0.2, 0.25) is 0 Å². The Hall–Kier alpha value is -2.04. The Morgan fingerprint density at radius 2 is 2.00 bits per heavy atom. The minimum atomic E-state index is -0.676. The maximum atomic E-state index is 11.7. The van der Waals surface area contributed by atoms with Gasteiger partial charge in [-0.2, -0.15) is 0 Å². The van der Waals surface area contributed by atoms with Crippen molar-refractivity contribution in [3.8, 4) is 5.75 Å². The van der Waals surface area contributed by atoms with Crippen LogP contribution in [0.25, 0.3) is 0 Å². The maximum absolute atomic E-state index is 11.7. The summed E-state index contributed by atoms with van der Waals surface area (Å²) in [4.78, 5) is 23.1. The van der Waals surface area contributed by atoms with Gasteiger partial charge in [0.05, 0.1) is 6.61 Å². The van der Waals surface area contributed by atoms with Crippen LogP contribution in [0, 0.1) is 13.8 Å². The fraction of sp³-hybridized carbons (Fsp3) is 0.467. The van der Waals surface area contributed by atoms with Gasteiger partial charge in [-0.25, -0.2) is 4.79 Å². The van der Waals surface area contributed by atoms with Gasteiger partial charge in [0.2, 0.25) is 0 Å². The van der Waals surface area contributed by atoms with E-state index in [1.165, 1.54) is 0 Å². The van der Waals surface area contributed by atoms with Crippen molar-refractivity contribution in [1.29, 1.82) is 0 Å². The third-order valence-corrected chi connectivity index (χ3v) is 2.72. The average Bonchev–Trinajstić information content (AvgIpc) is 2.40. The Morgan fingerprint density at radius 3 is 2.65 bits per heavy atom. The summed E-state index contributed by atoms with van der Waals surface area (Å²) in [5.41, 5.74) is 2.02. The van der Waals surface area contributed by atoms with Crippen LogP contribution in [0.15, 0.2) is 18.2 Å².